The lowest BCUT2D eigenvalue weighted by Crippen LogP contribution is -2.31. The molecule has 19 heavy (non-hydrogen) atoms. The Hall–Kier alpha value is -2.08. The van der Waals surface area contributed by atoms with Gasteiger partial charge in [-0.1, -0.05) is 44.2 Å². The molecule has 0 N–H and O–H groups in total. The van der Waals surface area contributed by atoms with Gasteiger partial charge >= 0.3 is 0 Å². The van der Waals surface area contributed by atoms with Gasteiger partial charge in [-0.25, -0.2) is 0 Å². The van der Waals surface area contributed by atoms with Crippen LogP contribution in [-0.2, 0) is 5.54 Å². The van der Waals surface area contributed by atoms with Crippen LogP contribution in [0.2, 0.25) is 0 Å². The van der Waals surface area contributed by atoms with Crippen molar-refractivity contribution in [3.8, 4) is 6.07 Å². The average Bonchev–Trinajstić information content (AvgIpc) is 2.89. The highest BCUT2D eigenvalue weighted by Crippen LogP contribution is 2.28. The molecule has 1 heterocycles. The van der Waals surface area contributed by atoms with Crippen molar-refractivity contribution in [1.29, 1.82) is 5.26 Å². The Morgan fingerprint density at radius 3 is 2.37 bits per heavy atom. The lowest BCUT2D eigenvalue weighted by atomic mass is 9.89. The molecule has 0 saturated heterocycles. The molecule has 0 radical (unpaired) electrons. The van der Waals surface area contributed by atoms with Crippen LogP contribution in [0.3, 0.4) is 0 Å². The van der Waals surface area contributed by atoms with Crippen LogP contribution in [0, 0.1) is 18.3 Å². The molecule has 3 heteroatoms. The molecule has 1 unspecified atom stereocenters. The van der Waals surface area contributed by atoms with Gasteiger partial charge in [0.15, 0.2) is 0 Å². The van der Waals surface area contributed by atoms with Crippen molar-refractivity contribution in [2.75, 3.05) is 0 Å². The van der Waals surface area contributed by atoms with E-state index in [0.29, 0.717) is 6.42 Å². The summed E-state index contributed by atoms with van der Waals surface area (Å²) in [7, 11) is 0. The van der Waals surface area contributed by atoms with Crippen molar-refractivity contribution >= 4 is 0 Å². The molecular weight excluding hydrogens is 234 g/mol. The van der Waals surface area contributed by atoms with Gasteiger partial charge in [0.05, 0.1) is 24.2 Å². The maximum atomic E-state index is 9.04. The van der Waals surface area contributed by atoms with Crippen LogP contribution in [0.15, 0.2) is 42.7 Å². The largest absolute Gasteiger partial charge is 0.261 e. The van der Waals surface area contributed by atoms with E-state index in [1.807, 2.05) is 75.1 Å². The summed E-state index contributed by atoms with van der Waals surface area (Å²) in [5.41, 5.74) is 1.80. The molecule has 0 spiro atoms. The number of aromatic nitrogens is 2. The van der Waals surface area contributed by atoms with Gasteiger partial charge < -0.3 is 0 Å². The molecule has 0 aliphatic carbocycles. The molecule has 100 valence electrons. The van der Waals surface area contributed by atoms with Crippen LogP contribution in [0.1, 0.15) is 38.3 Å². The molecular formula is C16H21N3. The SMILES string of the molecule is CC.Cc1cnn(C(C)(CC#N)c2ccccc2)c1. The smallest absolute Gasteiger partial charge is 0.0977 e. The van der Waals surface area contributed by atoms with E-state index in [0.717, 1.165) is 11.1 Å². The molecule has 0 aliphatic heterocycles. The molecule has 3 nitrogen and oxygen atoms in total. The fourth-order valence-electron chi connectivity index (χ4n) is 1.95. The lowest BCUT2D eigenvalue weighted by Gasteiger charge is -2.28. The van der Waals surface area contributed by atoms with E-state index in [4.69, 9.17) is 5.26 Å². The summed E-state index contributed by atoms with van der Waals surface area (Å²) in [4.78, 5) is 0. The van der Waals surface area contributed by atoms with E-state index >= 15 is 0 Å². The maximum absolute atomic E-state index is 9.04. The van der Waals surface area contributed by atoms with E-state index in [9.17, 15) is 0 Å². The maximum Gasteiger partial charge on any atom is 0.0977 e. The van der Waals surface area contributed by atoms with Crippen LogP contribution in [-0.4, -0.2) is 9.78 Å². The van der Waals surface area contributed by atoms with Crippen molar-refractivity contribution in [1.82, 2.24) is 9.78 Å². The molecule has 1 atom stereocenters. The minimum absolute atomic E-state index is 0.399. The first-order chi connectivity index (χ1) is 9.16. The fraction of sp³-hybridized carbons (Fsp3) is 0.375. The highest BCUT2D eigenvalue weighted by Gasteiger charge is 2.29. The van der Waals surface area contributed by atoms with Gasteiger partial charge in [0.2, 0.25) is 0 Å². The Bertz CT molecular complexity index is 537. The summed E-state index contributed by atoms with van der Waals surface area (Å²) in [6.07, 6.45) is 4.20. The van der Waals surface area contributed by atoms with Crippen molar-refractivity contribution in [2.45, 2.75) is 39.7 Å². The topological polar surface area (TPSA) is 41.6 Å². The standard InChI is InChI=1S/C14H15N3.C2H6/c1-12-10-16-17(11-12)14(2,8-9-15)13-6-4-3-5-7-13;1-2/h3-7,10-11H,8H2,1-2H3;1-2H3. The first kappa shape index (κ1) is 15.0. The number of benzene rings is 1. The molecule has 0 aliphatic rings. The second-order valence-corrected chi connectivity index (χ2v) is 4.44. The van der Waals surface area contributed by atoms with E-state index < -0.39 is 5.54 Å². The lowest BCUT2D eigenvalue weighted by molar-refractivity contribution is 0.360. The normalized spacial score (nSPS) is 12.8. The van der Waals surface area contributed by atoms with E-state index in [1.165, 1.54) is 0 Å². The zero-order chi connectivity index (χ0) is 14.3. The van der Waals surface area contributed by atoms with E-state index in [2.05, 4.69) is 11.2 Å². The quantitative estimate of drug-likeness (QED) is 0.834. The van der Waals surface area contributed by atoms with Gasteiger partial charge in [-0.2, -0.15) is 10.4 Å². The summed E-state index contributed by atoms with van der Waals surface area (Å²) in [6.45, 7) is 8.04. The number of hydrogen-bond acceptors (Lipinski definition) is 2. The van der Waals surface area contributed by atoms with E-state index in [1.54, 1.807) is 0 Å². The first-order valence-corrected chi connectivity index (χ1v) is 6.61. The molecule has 1 aromatic carbocycles. The summed E-state index contributed by atoms with van der Waals surface area (Å²) in [5, 5.41) is 13.4. The first-order valence-electron chi connectivity index (χ1n) is 6.61. The Labute approximate surface area is 115 Å². The van der Waals surface area contributed by atoms with Crippen LogP contribution in [0.5, 0.6) is 0 Å². The molecule has 0 amide bonds. The van der Waals surface area contributed by atoms with Crippen LogP contribution in [0.4, 0.5) is 0 Å². The number of hydrogen-bond donors (Lipinski definition) is 0. The summed E-state index contributed by atoms with van der Waals surface area (Å²) >= 11 is 0. The van der Waals surface area contributed by atoms with Gasteiger partial charge in [-0.15, -0.1) is 0 Å². The van der Waals surface area contributed by atoms with Crippen molar-refractivity contribution in [3.05, 3.63) is 53.9 Å². The molecule has 2 aromatic rings. The van der Waals surface area contributed by atoms with Gasteiger partial charge in [0, 0.05) is 6.20 Å². The third-order valence-electron chi connectivity index (χ3n) is 3.04. The molecule has 0 bridgehead atoms. The van der Waals surface area contributed by atoms with Crippen molar-refractivity contribution < 1.29 is 0 Å². The Morgan fingerprint density at radius 1 is 1.26 bits per heavy atom. The van der Waals surface area contributed by atoms with Crippen molar-refractivity contribution in [2.24, 2.45) is 0 Å². The number of nitrogens with zero attached hydrogens (tertiary/aromatic N) is 3. The summed E-state index contributed by atoms with van der Waals surface area (Å²) < 4.78 is 1.88. The van der Waals surface area contributed by atoms with Crippen LogP contribution >= 0.6 is 0 Å². The predicted molar refractivity (Wildman–Crippen MR) is 77.7 cm³/mol. The van der Waals surface area contributed by atoms with E-state index in [-0.39, 0.29) is 0 Å². The number of rotatable bonds is 3. The third-order valence-corrected chi connectivity index (χ3v) is 3.04. The fourth-order valence-corrected chi connectivity index (χ4v) is 1.95. The zero-order valence-corrected chi connectivity index (χ0v) is 12.1. The van der Waals surface area contributed by atoms with Gasteiger partial charge in [-0.3, -0.25) is 4.68 Å². The minimum atomic E-state index is -0.399. The average molecular weight is 255 g/mol. The van der Waals surface area contributed by atoms with Gasteiger partial charge in [0.25, 0.3) is 0 Å². The minimum Gasteiger partial charge on any atom is -0.261 e. The second-order valence-electron chi connectivity index (χ2n) is 4.44. The third kappa shape index (κ3) is 3.23. The Balaban J connectivity index is 0.000000861. The van der Waals surface area contributed by atoms with Crippen LogP contribution < -0.4 is 0 Å². The van der Waals surface area contributed by atoms with Crippen LogP contribution in [0.25, 0.3) is 0 Å². The summed E-state index contributed by atoms with van der Waals surface area (Å²) in [6, 6.07) is 12.3. The predicted octanol–water partition coefficient (Wildman–Crippen LogP) is 3.89. The number of nitriles is 1. The highest BCUT2D eigenvalue weighted by molar-refractivity contribution is 5.26. The second kappa shape index (κ2) is 6.75. The Kier molecular flexibility index (Phi) is 5.32. The number of aryl methyl sites for hydroxylation is 1. The molecule has 2 rings (SSSR count). The molecule has 1 aromatic heterocycles. The van der Waals surface area contributed by atoms with Crippen molar-refractivity contribution in [3.63, 3.8) is 0 Å². The zero-order valence-electron chi connectivity index (χ0n) is 12.1. The monoisotopic (exact) mass is 255 g/mol. The molecule has 0 fully saturated rings. The molecule has 0 saturated carbocycles. The highest BCUT2D eigenvalue weighted by atomic mass is 15.3. The summed E-state index contributed by atoms with van der Waals surface area (Å²) in [5.74, 6) is 0. The van der Waals surface area contributed by atoms with Gasteiger partial charge in [0.1, 0.15) is 0 Å². The van der Waals surface area contributed by atoms with Gasteiger partial charge in [-0.05, 0) is 25.0 Å². The Morgan fingerprint density at radius 2 is 1.89 bits per heavy atom.